The van der Waals surface area contributed by atoms with Crippen molar-refractivity contribution in [2.45, 2.75) is 83.3 Å². The van der Waals surface area contributed by atoms with Crippen molar-refractivity contribution in [2.75, 3.05) is 26.4 Å². The Morgan fingerprint density at radius 1 is 0.952 bits per heavy atom. The van der Waals surface area contributed by atoms with Crippen LogP contribution in [-0.2, 0) is 9.47 Å². The van der Waals surface area contributed by atoms with Gasteiger partial charge in [-0.3, -0.25) is 0 Å². The number of ether oxygens (including phenoxy) is 2. The highest BCUT2D eigenvalue weighted by atomic mass is 16.5. The van der Waals surface area contributed by atoms with E-state index in [1.165, 1.54) is 51.4 Å². The maximum Gasteiger partial charge on any atom is 0.0807 e. The van der Waals surface area contributed by atoms with Gasteiger partial charge in [0.05, 0.1) is 18.8 Å². The fourth-order valence-corrected chi connectivity index (χ4v) is 3.45. The molecule has 0 spiro atoms. The Kier molecular flexibility index (Phi) is 7.48. The van der Waals surface area contributed by atoms with Crippen LogP contribution in [0.1, 0.15) is 71.6 Å². The first-order valence-corrected chi connectivity index (χ1v) is 9.23. The van der Waals surface area contributed by atoms with E-state index < -0.39 is 0 Å². The minimum atomic E-state index is 0.0857. The fraction of sp³-hybridized carbons (Fsp3) is 1.00. The maximum absolute atomic E-state index is 6.33. The standard InChI is InChI=1S/C18H35NO2/c1-3-5-16-8-10-18(11-9-16,15-19-17-6-7-17)21-14-13-20-12-4-2/h16-17,19H,3-15H2,1-2H3. The average Bonchev–Trinajstić information content (AvgIpc) is 3.32. The second-order valence-corrected chi connectivity index (χ2v) is 7.03. The Morgan fingerprint density at radius 2 is 1.71 bits per heavy atom. The van der Waals surface area contributed by atoms with Crippen LogP contribution in [0.3, 0.4) is 0 Å². The lowest BCUT2D eigenvalue weighted by atomic mass is 9.77. The molecule has 0 aromatic heterocycles. The highest BCUT2D eigenvalue weighted by molar-refractivity contribution is 4.92. The first-order valence-electron chi connectivity index (χ1n) is 9.23. The third-order valence-corrected chi connectivity index (χ3v) is 4.99. The molecule has 0 aliphatic heterocycles. The number of nitrogens with one attached hydrogen (secondary N) is 1. The largest absolute Gasteiger partial charge is 0.379 e. The minimum Gasteiger partial charge on any atom is -0.379 e. The quantitative estimate of drug-likeness (QED) is 0.587. The fourth-order valence-electron chi connectivity index (χ4n) is 3.45. The molecule has 3 heteroatoms. The van der Waals surface area contributed by atoms with Crippen molar-refractivity contribution in [1.29, 1.82) is 0 Å². The van der Waals surface area contributed by atoms with E-state index in [0.717, 1.165) is 44.7 Å². The average molecular weight is 297 g/mol. The Bertz CT molecular complexity index is 270. The molecule has 2 saturated carbocycles. The second kappa shape index (κ2) is 9.12. The van der Waals surface area contributed by atoms with Crippen LogP contribution in [0, 0.1) is 5.92 Å². The number of hydrogen-bond acceptors (Lipinski definition) is 3. The van der Waals surface area contributed by atoms with Gasteiger partial charge < -0.3 is 14.8 Å². The Morgan fingerprint density at radius 3 is 2.33 bits per heavy atom. The van der Waals surface area contributed by atoms with Crippen molar-refractivity contribution in [3.05, 3.63) is 0 Å². The normalized spacial score (nSPS) is 29.7. The molecule has 0 aromatic rings. The molecule has 2 aliphatic carbocycles. The van der Waals surface area contributed by atoms with Gasteiger partial charge in [-0.05, 0) is 50.9 Å². The van der Waals surface area contributed by atoms with E-state index in [-0.39, 0.29) is 5.60 Å². The van der Waals surface area contributed by atoms with Gasteiger partial charge in [-0.2, -0.15) is 0 Å². The van der Waals surface area contributed by atoms with E-state index in [1.54, 1.807) is 0 Å². The Hall–Kier alpha value is -0.120. The molecule has 0 atom stereocenters. The third-order valence-electron chi connectivity index (χ3n) is 4.99. The summed E-state index contributed by atoms with van der Waals surface area (Å²) in [6, 6.07) is 0.773. The predicted octanol–water partition coefficient (Wildman–Crippen LogP) is 3.91. The van der Waals surface area contributed by atoms with E-state index in [2.05, 4.69) is 19.2 Å². The molecular formula is C18H35NO2. The summed E-state index contributed by atoms with van der Waals surface area (Å²) in [5, 5.41) is 3.70. The summed E-state index contributed by atoms with van der Waals surface area (Å²) in [5.41, 5.74) is 0.0857. The van der Waals surface area contributed by atoms with E-state index >= 15 is 0 Å². The van der Waals surface area contributed by atoms with Crippen LogP contribution in [0.4, 0.5) is 0 Å². The van der Waals surface area contributed by atoms with Crippen LogP contribution in [0.2, 0.25) is 0 Å². The van der Waals surface area contributed by atoms with Gasteiger partial charge in [0.2, 0.25) is 0 Å². The zero-order valence-corrected chi connectivity index (χ0v) is 14.2. The molecule has 2 rings (SSSR count). The molecule has 0 saturated heterocycles. The molecule has 21 heavy (non-hydrogen) atoms. The first kappa shape index (κ1) is 17.2. The van der Waals surface area contributed by atoms with Crippen molar-refractivity contribution in [1.82, 2.24) is 5.32 Å². The van der Waals surface area contributed by atoms with Crippen LogP contribution in [0.15, 0.2) is 0 Å². The Labute approximate surface area is 131 Å². The van der Waals surface area contributed by atoms with Gasteiger partial charge >= 0.3 is 0 Å². The summed E-state index contributed by atoms with van der Waals surface area (Å²) >= 11 is 0. The summed E-state index contributed by atoms with van der Waals surface area (Å²) in [6.07, 6.45) is 11.7. The summed E-state index contributed by atoms with van der Waals surface area (Å²) in [7, 11) is 0. The lowest BCUT2D eigenvalue weighted by Gasteiger charge is -2.40. The summed E-state index contributed by atoms with van der Waals surface area (Å²) in [6.45, 7) is 7.86. The lowest BCUT2D eigenvalue weighted by molar-refractivity contribution is -0.0931. The van der Waals surface area contributed by atoms with Gasteiger partial charge in [-0.25, -0.2) is 0 Å². The zero-order chi connectivity index (χ0) is 15.0. The summed E-state index contributed by atoms with van der Waals surface area (Å²) in [4.78, 5) is 0. The molecule has 0 radical (unpaired) electrons. The molecular weight excluding hydrogens is 262 g/mol. The molecule has 0 unspecified atom stereocenters. The highest BCUT2D eigenvalue weighted by Gasteiger charge is 2.37. The molecule has 0 heterocycles. The van der Waals surface area contributed by atoms with Crippen molar-refractivity contribution in [2.24, 2.45) is 5.92 Å². The van der Waals surface area contributed by atoms with Gasteiger partial charge in [0.25, 0.3) is 0 Å². The SMILES string of the molecule is CCCOCCOC1(CNC2CC2)CCC(CCC)CC1. The smallest absolute Gasteiger partial charge is 0.0807 e. The van der Waals surface area contributed by atoms with Crippen molar-refractivity contribution in [3.63, 3.8) is 0 Å². The van der Waals surface area contributed by atoms with Gasteiger partial charge in [-0.1, -0.05) is 26.7 Å². The third kappa shape index (κ3) is 6.25. The summed E-state index contributed by atoms with van der Waals surface area (Å²) < 4.78 is 11.9. The lowest BCUT2D eigenvalue weighted by Crippen LogP contribution is -2.47. The molecule has 1 N–H and O–H groups in total. The second-order valence-electron chi connectivity index (χ2n) is 7.03. The van der Waals surface area contributed by atoms with E-state index in [0.29, 0.717) is 0 Å². The first-order chi connectivity index (χ1) is 10.3. The summed E-state index contributed by atoms with van der Waals surface area (Å²) in [5.74, 6) is 0.934. The maximum atomic E-state index is 6.33. The van der Waals surface area contributed by atoms with Crippen molar-refractivity contribution in [3.8, 4) is 0 Å². The van der Waals surface area contributed by atoms with Gasteiger partial charge in [-0.15, -0.1) is 0 Å². The molecule has 0 aromatic carbocycles. The number of hydrogen-bond donors (Lipinski definition) is 1. The molecule has 2 fully saturated rings. The van der Waals surface area contributed by atoms with Crippen molar-refractivity contribution < 1.29 is 9.47 Å². The molecule has 0 bridgehead atoms. The van der Waals surface area contributed by atoms with E-state index in [9.17, 15) is 0 Å². The predicted molar refractivity (Wildman–Crippen MR) is 87.7 cm³/mol. The molecule has 0 amide bonds. The van der Waals surface area contributed by atoms with Crippen LogP contribution < -0.4 is 5.32 Å². The monoisotopic (exact) mass is 297 g/mol. The van der Waals surface area contributed by atoms with Crippen LogP contribution in [-0.4, -0.2) is 38.0 Å². The Balaban J connectivity index is 1.73. The zero-order valence-electron chi connectivity index (χ0n) is 14.2. The van der Waals surface area contributed by atoms with Crippen LogP contribution in [0.25, 0.3) is 0 Å². The molecule has 124 valence electrons. The van der Waals surface area contributed by atoms with Crippen LogP contribution >= 0.6 is 0 Å². The minimum absolute atomic E-state index is 0.0857. The van der Waals surface area contributed by atoms with E-state index in [4.69, 9.17) is 9.47 Å². The van der Waals surface area contributed by atoms with Gasteiger partial charge in [0, 0.05) is 19.2 Å². The number of rotatable bonds is 11. The van der Waals surface area contributed by atoms with E-state index in [1.807, 2.05) is 0 Å². The highest BCUT2D eigenvalue weighted by Crippen LogP contribution is 2.37. The molecule has 2 aliphatic rings. The van der Waals surface area contributed by atoms with Gasteiger partial charge in [0.1, 0.15) is 0 Å². The van der Waals surface area contributed by atoms with Crippen LogP contribution in [0.5, 0.6) is 0 Å². The van der Waals surface area contributed by atoms with Crippen molar-refractivity contribution >= 4 is 0 Å². The molecule has 3 nitrogen and oxygen atoms in total. The topological polar surface area (TPSA) is 30.5 Å². The van der Waals surface area contributed by atoms with Gasteiger partial charge in [0.15, 0.2) is 0 Å².